The average Bonchev–Trinajstić information content (AvgIpc) is 2.90. The summed E-state index contributed by atoms with van der Waals surface area (Å²) in [6.45, 7) is 6.28. The topological polar surface area (TPSA) is 122 Å². The number of aliphatic hydroxyl groups is 1. The molecule has 0 unspecified atom stereocenters. The number of hydrogen-bond acceptors (Lipinski definition) is 7. The van der Waals surface area contributed by atoms with Crippen molar-refractivity contribution in [3.63, 3.8) is 0 Å². The molecule has 1 aliphatic heterocycles. The molecule has 9 nitrogen and oxygen atoms in total. The smallest absolute Gasteiger partial charge is 0.269 e. The zero-order chi connectivity index (χ0) is 28.4. The molecule has 0 radical (unpaired) electrons. The van der Waals surface area contributed by atoms with Gasteiger partial charge in [-0.2, -0.15) is 0 Å². The molecule has 0 saturated heterocycles. The van der Waals surface area contributed by atoms with Gasteiger partial charge in [0.25, 0.3) is 15.7 Å². The number of benzene rings is 3. The second-order valence-electron chi connectivity index (χ2n) is 10.0. The highest BCUT2D eigenvalue weighted by Crippen LogP contribution is 2.41. The molecule has 2 N–H and O–H groups in total. The Bertz CT molecular complexity index is 1430. The van der Waals surface area contributed by atoms with E-state index in [2.05, 4.69) is 12.2 Å². The van der Waals surface area contributed by atoms with Crippen LogP contribution >= 0.6 is 0 Å². The van der Waals surface area contributed by atoms with E-state index >= 15 is 0 Å². The van der Waals surface area contributed by atoms with Gasteiger partial charge in [-0.15, -0.1) is 0 Å². The molecule has 208 valence electrons. The lowest BCUT2D eigenvalue weighted by molar-refractivity contribution is -0.384. The van der Waals surface area contributed by atoms with Gasteiger partial charge in [-0.1, -0.05) is 19.4 Å². The summed E-state index contributed by atoms with van der Waals surface area (Å²) >= 11 is 0. The standard InChI is InChI=1S/C28H32FN3O6S/c1-4-5-16-30-26-24-17-19(6-15-25(24)38-28(2,3)27(26)33)18-31(21-9-7-20(29)8-10-21)39(36,37)23-13-11-22(12-14-23)32(34)35/h6-15,17,26-27,30,33H,4-5,16,18H2,1-3H3/t26-,27+/m0/s1. The van der Waals surface area contributed by atoms with Gasteiger partial charge >= 0.3 is 0 Å². The van der Waals surface area contributed by atoms with Crippen LogP contribution in [0.5, 0.6) is 5.75 Å². The van der Waals surface area contributed by atoms with E-state index in [1.807, 2.05) is 13.8 Å². The largest absolute Gasteiger partial charge is 0.485 e. The molecule has 1 heterocycles. The number of fused-ring (bicyclic) bond motifs is 1. The Morgan fingerprint density at radius 3 is 2.38 bits per heavy atom. The number of nitro benzene ring substituents is 1. The van der Waals surface area contributed by atoms with Crippen molar-refractivity contribution in [3.8, 4) is 5.75 Å². The van der Waals surface area contributed by atoms with E-state index in [-0.39, 0.29) is 22.8 Å². The first-order chi connectivity index (χ1) is 18.4. The van der Waals surface area contributed by atoms with Crippen LogP contribution in [0, 0.1) is 15.9 Å². The third-order valence-electron chi connectivity index (χ3n) is 6.78. The van der Waals surface area contributed by atoms with Gasteiger partial charge in [0.15, 0.2) is 0 Å². The number of halogens is 1. The molecule has 0 spiro atoms. The monoisotopic (exact) mass is 557 g/mol. The fraction of sp³-hybridized carbons (Fsp3) is 0.357. The van der Waals surface area contributed by atoms with Gasteiger partial charge in [0.2, 0.25) is 0 Å². The van der Waals surface area contributed by atoms with Gasteiger partial charge < -0.3 is 15.2 Å². The number of nitro groups is 1. The molecule has 0 amide bonds. The Hall–Kier alpha value is -3.54. The molecular formula is C28H32FN3O6S. The van der Waals surface area contributed by atoms with Crippen LogP contribution in [0.25, 0.3) is 0 Å². The summed E-state index contributed by atoms with van der Waals surface area (Å²) in [4.78, 5) is 10.3. The lowest BCUT2D eigenvalue weighted by Gasteiger charge is -2.42. The van der Waals surface area contributed by atoms with Crippen LogP contribution in [0.3, 0.4) is 0 Å². The van der Waals surface area contributed by atoms with Crippen molar-refractivity contribution in [3.05, 3.63) is 93.8 Å². The Morgan fingerprint density at radius 1 is 1.10 bits per heavy atom. The average molecular weight is 558 g/mol. The van der Waals surface area contributed by atoms with Crippen LogP contribution in [0.15, 0.2) is 71.6 Å². The van der Waals surface area contributed by atoms with E-state index < -0.39 is 38.5 Å². The van der Waals surface area contributed by atoms with Gasteiger partial charge in [0, 0.05) is 17.7 Å². The molecule has 0 aliphatic carbocycles. The summed E-state index contributed by atoms with van der Waals surface area (Å²) in [6, 6.07) is 14.5. The first-order valence-electron chi connectivity index (χ1n) is 12.7. The molecule has 4 rings (SSSR count). The van der Waals surface area contributed by atoms with Crippen molar-refractivity contribution < 1.29 is 27.6 Å². The first kappa shape index (κ1) is 28.5. The fourth-order valence-corrected chi connectivity index (χ4v) is 6.01. The molecule has 11 heteroatoms. The van der Waals surface area contributed by atoms with Gasteiger partial charge in [0.1, 0.15) is 23.3 Å². The van der Waals surface area contributed by atoms with E-state index in [1.165, 1.54) is 36.4 Å². The Balaban J connectivity index is 1.74. The number of sulfonamides is 1. The molecule has 3 aromatic rings. The quantitative estimate of drug-likeness (QED) is 0.202. The third kappa shape index (κ3) is 6.05. The van der Waals surface area contributed by atoms with Gasteiger partial charge in [-0.25, -0.2) is 12.8 Å². The maximum absolute atomic E-state index is 13.8. The number of hydrogen-bond donors (Lipinski definition) is 2. The van der Waals surface area contributed by atoms with Crippen LogP contribution in [0.2, 0.25) is 0 Å². The van der Waals surface area contributed by atoms with Crippen LogP contribution in [-0.4, -0.2) is 36.7 Å². The van der Waals surface area contributed by atoms with Gasteiger partial charge in [-0.05, 0) is 80.9 Å². The summed E-state index contributed by atoms with van der Waals surface area (Å²) in [5.74, 6) is 0.0737. The minimum absolute atomic E-state index is 0.112. The molecule has 3 aromatic carbocycles. The second kappa shape index (κ2) is 11.3. The predicted octanol–water partition coefficient (Wildman–Crippen LogP) is 5.09. The van der Waals surface area contributed by atoms with E-state index in [0.717, 1.165) is 29.3 Å². The second-order valence-corrected chi connectivity index (χ2v) is 11.9. The summed E-state index contributed by atoms with van der Waals surface area (Å²) < 4.78 is 48.4. The van der Waals surface area contributed by atoms with Crippen molar-refractivity contribution in [2.75, 3.05) is 10.8 Å². The third-order valence-corrected chi connectivity index (χ3v) is 8.57. The highest BCUT2D eigenvalue weighted by Gasteiger charge is 2.42. The lowest BCUT2D eigenvalue weighted by Crippen LogP contribution is -2.52. The van der Waals surface area contributed by atoms with Crippen molar-refractivity contribution >= 4 is 21.4 Å². The maximum Gasteiger partial charge on any atom is 0.269 e. The number of ether oxygens (including phenoxy) is 1. The number of non-ortho nitro benzene ring substituents is 1. The summed E-state index contributed by atoms with van der Waals surface area (Å²) in [5.41, 5.74) is 0.476. The van der Waals surface area contributed by atoms with Gasteiger partial charge in [0.05, 0.1) is 28.1 Å². The molecule has 0 aromatic heterocycles. The van der Waals surface area contributed by atoms with Crippen LogP contribution in [0.1, 0.15) is 50.8 Å². The number of anilines is 1. The Labute approximate surface area is 227 Å². The minimum atomic E-state index is -4.20. The molecule has 0 bridgehead atoms. The predicted molar refractivity (Wildman–Crippen MR) is 146 cm³/mol. The van der Waals surface area contributed by atoms with Crippen LogP contribution in [-0.2, 0) is 16.6 Å². The Kier molecular flexibility index (Phi) is 8.24. The van der Waals surface area contributed by atoms with Crippen molar-refractivity contribution in [2.45, 2.75) is 62.8 Å². The summed E-state index contributed by atoms with van der Waals surface area (Å²) in [7, 11) is -4.20. The molecule has 1 aliphatic rings. The highest BCUT2D eigenvalue weighted by molar-refractivity contribution is 7.92. The van der Waals surface area contributed by atoms with E-state index in [9.17, 15) is 28.0 Å². The first-order valence-corrected chi connectivity index (χ1v) is 14.1. The SMILES string of the molecule is CCCCN[C@H]1c2cc(CN(c3ccc(F)cc3)S(=O)(=O)c3ccc([N+](=O)[O-])cc3)ccc2OC(C)(C)[C@@H]1O. The number of aliphatic hydroxyl groups excluding tert-OH is 1. The molecule has 2 atom stereocenters. The van der Waals surface area contributed by atoms with Crippen molar-refractivity contribution in [2.24, 2.45) is 0 Å². The summed E-state index contributed by atoms with van der Waals surface area (Å²) in [6.07, 6.45) is 1.05. The normalized spacial score (nSPS) is 18.2. The zero-order valence-corrected chi connectivity index (χ0v) is 22.8. The molecule has 0 saturated carbocycles. The van der Waals surface area contributed by atoms with Crippen molar-refractivity contribution in [1.82, 2.24) is 5.32 Å². The highest BCUT2D eigenvalue weighted by atomic mass is 32.2. The maximum atomic E-state index is 13.8. The van der Waals surface area contributed by atoms with E-state index in [0.29, 0.717) is 23.4 Å². The lowest BCUT2D eigenvalue weighted by atomic mass is 9.85. The number of nitrogens with zero attached hydrogens (tertiary/aromatic N) is 2. The molecular weight excluding hydrogens is 525 g/mol. The van der Waals surface area contributed by atoms with Crippen molar-refractivity contribution in [1.29, 1.82) is 0 Å². The zero-order valence-electron chi connectivity index (χ0n) is 22.0. The Morgan fingerprint density at radius 2 is 1.77 bits per heavy atom. The van der Waals surface area contributed by atoms with Crippen LogP contribution in [0.4, 0.5) is 15.8 Å². The van der Waals surface area contributed by atoms with E-state index in [4.69, 9.17) is 4.74 Å². The number of rotatable bonds is 10. The number of unbranched alkanes of at least 4 members (excludes halogenated alkanes) is 1. The number of nitrogens with one attached hydrogen (secondary N) is 1. The summed E-state index contributed by atoms with van der Waals surface area (Å²) in [5, 5.41) is 25.6. The fourth-order valence-electron chi connectivity index (χ4n) is 4.56. The van der Waals surface area contributed by atoms with E-state index in [1.54, 1.807) is 18.2 Å². The minimum Gasteiger partial charge on any atom is -0.485 e. The van der Waals surface area contributed by atoms with Crippen LogP contribution < -0.4 is 14.4 Å². The molecule has 0 fully saturated rings. The van der Waals surface area contributed by atoms with Gasteiger partial charge in [-0.3, -0.25) is 14.4 Å². The molecule has 39 heavy (non-hydrogen) atoms.